The number of hydrogen-bond donors (Lipinski definition) is 6. The Bertz CT molecular complexity index is 1220. The van der Waals surface area contributed by atoms with Crippen LogP contribution in [0.25, 0.3) is 0 Å². The normalized spacial score (nSPS) is 61.1. The first-order valence-corrected chi connectivity index (χ1v) is 17.6. The Labute approximate surface area is 266 Å². The predicted octanol–water partition coefficient (Wildman–Crippen LogP) is 2.09. The van der Waals surface area contributed by atoms with Crippen molar-refractivity contribution in [2.24, 2.45) is 50.7 Å². The van der Waals surface area contributed by atoms with Gasteiger partial charge in [-0.25, -0.2) is 0 Å². The molecule has 5 saturated carbocycles. The molecule has 256 valence electrons. The zero-order valence-electron chi connectivity index (χ0n) is 27.8. The molecule has 2 bridgehead atoms. The number of fused-ring (bicyclic) bond motifs is 4. The molecular formula is C35H56O10. The summed E-state index contributed by atoms with van der Waals surface area (Å²) < 4.78 is 25.7. The Morgan fingerprint density at radius 2 is 1.56 bits per heavy atom. The van der Waals surface area contributed by atoms with Gasteiger partial charge in [-0.15, -0.1) is 0 Å². The van der Waals surface area contributed by atoms with Crippen LogP contribution in [0.3, 0.4) is 0 Å². The van der Waals surface area contributed by atoms with Crippen LogP contribution in [0.5, 0.6) is 0 Å². The van der Waals surface area contributed by atoms with Gasteiger partial charge in [-0.2, -0.15) is 0 Å². The molecule has 3 heterocycles. The first-order chi connectivity index (χ1) is 20.9. The highest BCUT2D eigenvalue weighted by atomic mass is 16.8. The van der Waals surface area contributed by atoms with E-state index >= 15 is 0 Å². The number of hydrogen-bond acceptors (Lipinski definition) is 10. The van der Waals surface area contributed by atoms with E-state index in [9.17, 15) is 30.6 Å². The van der Waals surface area contributed by atoms with Gasteiger partial charge in [-0.3, -0.25) is 0 Å². The summed E-state index contributed by atoms with van der Waals surface area (Å²) in [5, 5.41) is 65.3. The minimum Gasteiger partial charge on any atom is -0.396 e. The van der Waals surface area contributed by atoms with E-state index in [0.717, 1.165) is 44.9 Å². The monoisotopic (exact) mass is 636 g/mol. The molecule has 0 aromatic rings. The van der Waals surface area contributed by atoms with Crippen molar-refractivity contribution in [2.75, 3.05) is 13.2 Å². The first kappa shape index (κ1) is 31.8. The molecule has 8 rings (SSSR count). The van der Waals surface area contributed by atoms with E-state index < -0.39 is 53.6 Å². The van der Waals surface area contributed by atoms with Gasteiger partial charge in [0.25, 0.3) is 0 Å². The van der Waals surface area contributed by atoms with Gasteiger partial charge in [0.15, 0.2) is 12.1 Å². The predicted molar refractivity (Wildman–Crippen MR) is 160 cm³/mol. The van der Waals surface area contributed by atoms with Crippen molar-refractivity contribution in [2.45, 2.75) is 153 Å². The molecular weight excluding hydrogens is 580 g/mol. The third-order valence-electron chi connectivity index (χ3n) is 15.9. The maximum atomic E-state index is 12.7. The lowest BCUT2D eigenvalue weighted by Crippen LogP contribution is -2.61. The summed E-state index contributed by atoms with van der Waals surface area (Å²) in [5.41, 5.74) is -1.89. The van der Waals surface area contributed by atoms with Crippen LogP contribution in [0.2, 0.25) is 0 Å². The standard InChI is InChI=1S/C35H56O10/c1-29(2)20-7-8-21-32(6)28(40)35-25(17(14-36)13-19(44-35)26(45-35)30(3,4)41)31(32,5)11-12-34(21)16-33(20,34)10-9-22(29)43-27-24(39)23(38)18(37)15-42-27/h17-28,36-41H,7-16H2,1-6H3/t17-,18+,19+,20-,21-,22-,23-,24+,25+,26-,27-,28+,31+,32+,33+,34-,35?/m0/s1. The Morgan fingerprint density at radius 3 is 2.24 bits per heavy atom. The van der Waals surface area contributed by atoms with Gasteiger partial charge in [0.05, 0.1) is 24.4 Å². The van der Waals surface area contributed by atoms with Gasteiger partial charge in [-0.05, 0) is 105 Å². The van der Waals surface area contributed by atoms with Crippen molar-refractivity contribution in [3.8, 4) is 0 Å². The van der Waals surface area contributed by atoms with Crippen LogP contribution in [0.1, 0.15) is 92.9 Å². The number of aliphatic hydroxyl groups is 6. The molecule has 3 saturated heterocycles. The molecule has 8 aliphatic rings. The fourth-order valence-electron chi connectivity index (χ4n) is 13.9. The summed E-state index contributed by atoms with van der Waals surface area (Å²) >= 11 is 0. The van der Waals surface area contributed by atoms with Gasteiger partial charge in [-0.1, -0.05) is 27.7 Å². The van der Waals surface area contributed by atoms with Crippen molar-refractivity contribution in [3.63, 3.8) is 0 Å². The van der Waals surface area contributed by atoms with Crippen LogP contribution in [-0.2, 0) is 18.9 Å². The fourth-order valence-corrected chi connectivity index (χ4v) is 13.9. The van der Waals surface area contributed by atoms with Gasteiger partial charge >= 0.3 is 0 Å². The van der Waals surface area contributed by atoms with E-state index in [4.69, 9.17) is 18.9 Å². The fraction of sp³-hybridized carbons (Fsp3) is 1.00. The van der Waals surface area contributed by atoms with Gasteiger partial charge < -0.3 is 49.6 Å². The van der Waals surface area contributed by atoms with E-state index in [-0.39, 0.29) is 64.8 Å². The molecule has 45 heavy (non-hydrogen) atoms. The second-order valence-corrected chi connectivity index (χ2v) is 18.2. The van der Waals surface area contributed by atoms with Crippen LogP contribution in [-0.4, -0.2) is 104 Å². The Balaban J connectivity index is 1.11. The van der Waals surface area contributed by atoms with Crippen LogP contribution in [0, 0.1) is 50.7 Å². The van der Waals surface area contributed by atoms with Crippen LogP contribution in [0.15, 0.2) is 0 Å². The van der Waals surface area contributed by atoms with Gasteiger partial charge in [0.2, 0.25) is 0 Å². The lowest BCUT2D eigenvalue weighted by molar-refractivity contribution is -0.303. The van der Waals surface area contributed by atoms with Crippen LogP contribution in [0.4, 0.5) is 0 Å². The minimum absolute atomic E-state index is 0.0133. The molecule has 17 atom stereocenters. The van der Waals surface area contributed by atoms with E-state index in [0.29, 0.717) is 12.3 Å². The maximum Gasteiger partial charge on any atom is 0.199 e. The second-order valence-electron chi connectivity index (χ2n) is 18.2. The highest BCUT2D eigenvalue weighted by molar-refractivity contribution is 5.34. The van der Waals surface area contributed by atoms with Gasteiger partial charge in [0, 0.05) is 17.9 Å². The topological polar surface area (TPSA) is 158 Å². The average molecular weight is 637 g/mol. The third kappa shape index (κ3) is 3.61. The van der Waals surface area contributed by atoms with E-state index in [1.54, 1.807) is 13.8 Å². The molecule has 1 unspecified atom stereocenters. The summed E-state index contributed by atoms with van der Waals surface area (Å²) in [6.07, 6.45) is 0.888. The molecule has 10 heteroatoms. The van der Waals surface area contributed by atoms with Crippen molar-refractivity contribution in [1.29, 1.82) is 0 Å². The molecule has 3 spiro atoms. The van der Waals surface area contributed by atoms with Crippen LogP contribution < -0.4 is 0 Å². The van der Waals surface area contributed by atoms with Gasteiger partial charge in [0.1, 0.15) is 30.5 Å². The van der Waals surface area contributed by atoms with E-state index in [1.165, 1.54) is 0 Å². The zero-order valence-corrected chi connectivity index (χ0v) is 27.8. The first-order valence-electron chi connectivity index (χ1n) is 17.6. The highest BCUT2D eigenvalue weighted by Gasteiger charge is 2.88. The van der Waals surface area contributed by atoms with Crippen molar-refractivity contribution >= 4 is 0 Å². The summed E-state index contributed by atoms with van der Waals surface area (Å²) in [7, 11) is 0. The minimum atomic E-state index is -1.30. The SMILES string of the molecule is CC(C)(O)[C@H]1OC23O[C@@H]1C[C@@H](CO)[C@@H]2[C@@]1(C)CC[C@@]24C[C@@]25CC[C@H](O[C@@H]2OC[C@@H](O)[C@H](O)[C@H]2O)C(C)(C)[C@@H]5CC[C@H]4[C@]1(C)[C@H]3O. The summed E-state index contributed by atoms with van der Waals surface area (Å²) in [5.74, 6) is -0.802. The number of ether oxygens (including phenoxy) is 4. The molecule has 0 amide bonds. The lowest BCUT2D eigenvalue weighted by atomic mass is 9.41. The largest absolute Gasteiger partial charge is 0.396 e. The summed E-state index contributed by atoms with van der Waals surface area (Å²) in [4.78, 5) is 0. The molecule has 0 aromatic carbocycles. The summed E-state index contributed by atoms with van der Waals surface area (Å²) in [6, 6.07) is 0. The second kappa shape index (κ2) is 9.43. The van der Waals surface area contributed by atoms with Crippen LogP contribution >= 0.6 is 0 Å². The Hall–Kier alpha value is -0.400. The zero-order chi connectivity index (χ0) is 32.3. The maximum absolute atomic E-state index is 12.7. The molecule has 5 aliphatic carbocycles. The molecule has 0 aromatic heterocycles. The van der Waals surface area contributed by atoms with Crippen molar-refractivity contribution in [3.05, 3.63) is 0 Å². The smallest absolute Gasteiger partial charge is 0.199 e. The highest BCUT2D eigenvalue weighted by Crippen LogP contribution is 2.90. The Kier molecular flexibility index (Phi) is 6.67. The quantitative estimate of drug-likeness (QED) is 0.253. The lowest BCUT2D eigenvalue weighted by Gasteiger charge is -2.63. The molecule has 3 aliphatic heterocycles. The molecule has 8 fully saturated rings. The Morgan fingerprint density at radius 1 is 0.867 bits per heavy atom. The molecule has 0 radical (unpaired) electrons. The van der Waals surface area contributed by atoms with E-state index in [2.05, 4.69) is 27.7 Å². The number of rotatable bonds is 4. The number of aliphatic hydroxyl groups excluding tert-OH is 5. The summed E-state index contributed by atoms with van der Waals surface area (Å²) in [6.45, 7) is 12.6. The van der Waals surface area contributed by atoms with Crippen molar-refractivity contribution < 1.29 is 49.6 Å². The van der Waals surface area contributed by atoms with E-state index in [1.807, 2.05) is 0 Å². The third-order valence-corrected chi connectivity index (χ3v) is 15.9. The molecule has 10 nitrogen and oxygen atoms in total. The average Bonchev–Trinajstić information content (AvgIpc) is 3.50. The van der Waals surface area contributed by atoms with Crippen molar-refractivity contribution in [1.82, 2.24) is 0 Å². The molecule has 6 N–H and O–H groups in total.